The van der Waals surface area contributed by atoms with E-state index in [1.807, 2.05) is 6.92 Å². The average molecular weight is 577 g/mol. The molecule has 0 amide bonds. The van der Waals surface area contributed by atoms with Gasteiger partial charge in [-0.15, -0.1) is 0 Å². The second kappa shape index (κ2) is 29.3. The Morgan fingerprint density at radius 1 is 0.683 bits per heavy atom. The molecule has 0 saturated carbocycles. The van der Waals surface area contributed by atoms with Gasteiger partial charge in [-0.05, 0) is 63.7 Å². The molecular weight excluding hydrogens is 516 g/mol. The lowest BCUT2D eigenvalue weighted by Crippen LogP contribution is -2.28. The van der Waals surface area contributed by atoms with Crippen LogP contribution in [0.1, 0.15) is 130 Å². The summed E-state index contributed by atoms with van der Waals surface area (Å²) in [6, 6.07) is 0. The lowest BCUT2D eigenvalue weighted by molar-refractivity contribution is -0.161. The molecule has 0 fully saturated rings. The Kier molecular flexibility index (Phi) is 27.8. The van der Waals surface area contributed by atoms with Gasteiger partial charge in [-0.3, -0.25) is 9.59 Å². The zero-order valence-corrected chi connectivity index (χ0v) is 26.3. The van der Waals surface area contributed by atoms with Gasteiger partial charge >= 0.3 is 11.9 Å². The van der Waals surface area contributed by atoms with E-state index in [-0.39, 0.29) is 37.7 Å². The Morgan fingerprint density at radius 2 is 1.22 bits per heavy atom. The molecule has 0 aliphatic carbocycles. The SMILES string of the molecule is CC[C@@H](O)CC/C=C\C/C=C\C/C=C\C/C=C\CCCC(=O)O[C@@H](CO)COC(=O)CCCCCCCCC(C)C. The normalized spacial score (nSPS) is 13.7. The van der Waals surface area contributed by atoms with Crippen molar-refractivity contribution in [2.45, 2.75) is 142 Å². The zero-order chi connectivity index (χ0) is 30.4. The van der Waals surface area contributed by atoms with E-state index in [1.165, 1.54) is 25.7 Å². The van der Waals surface area contributed by atoms with Crippen LogP contribution in [0, 0.1) is 5.92 Å². The summed E-state index contributed by atoms with van der Waals surface area (Å²) in [6.45, 7) is 6.04. The molecule has 0 aromatic rings. The van der Waals surface area contributed by atoms with Gasteiger partial charge in [0.2, 0.25) is 0 Å². The summed E-state index contributed by atoms with van der Waals surface area (Å²) in [5.41, 5.74) is 0. The van der Waals surface area contributed by atoms with Gasteiger partial charge in [0.25, 0.3) is 0 Å². The van der Waals surface area contributed by atoms with Crippen LogP contribution in [0.4, 0.5) is 0 Å². The number of aliphatic hydroxyl groups excluding tert-OH is 2. The highest BCUT2D eigenvalue weighted by Gasteiger charge is 2.15. The van der Waals surface area contributed by atoms with Gasteiger partial charge in [0.05, 0.1) is 12.7 Å². The van der Waals surface area contributed by atoms with E-state index in [0.29, 0.717) is 12.8 Å². The summed E-state index contributed by atoms with van der Waals surface area (Å²) in [5, 5.41) is 19.0. The van der Waals surface area contributed by atoms with Crippen molar-refractivity contribution in [3.8, 4) is 0 Å². The van der Waals surface area contributed by atoms with Crippen molar-refractivity contribution in [3.05, 3.63) is 48.6 Å². The fourth-order valence-corrected chi connectivity index (χ4v) is 4.06. The molecule has 0 aromatic carbocycles. The fourth-order valence-electron chi connectivity index (χ4n) is 4.06. The number of hydrogen-bond acceptors (Lipinski definition) is 6. The molecule has 2 atom stereocenters. The molecule has 2 N–H and O–H groups in total. The molecule has 0 unspecified atom stereocenters. The van der Waals surface area contributed by atoms with Crippen LogP contribution in [-0.2, 0) is 19.1 Å². The topological polar surface area (TPSA) is 93.1 Å². The van der Waals surface area contributed by atoms with Crippen LogP contribution in [0.15, 0.2) is 48.6 Å². The van der Waals surface area contributed by atoms with Crippen molar-refractivity contribution in [1.29, 1.82) is 0 Å². The summed E-state index contributed by atoms with van der Waals surface area (Å²) < 4.78 is 10.5. The van der Waals surface area contributed by atoms with E-state index in [0.717, 1.165) is 70.1 Å². The highest BCUT2D eigenvalue weighted by Crippen LogP contribution is 2.12. The molecule has 0 spiro atoms. The van der Waals surface area contributed by atoms with Crippen LogP contribution < -0.4 is 0 Å². The first kappa shape index (κ1) is 38.8. The van der Waals surface area contributed by atoms with E-state index in [9.17, 15) is 19.8 Å². The predicted octanol–water partition coefficient (Wildman–Crippen LogP) is 8.33. The third kappa shape index (κ3) is 29.1. The minimum Gasteiger partial charge on any atom is -0.462 e. The third-order valence-corrected chi connectivity index (χ3v) is 6.72. The minimum atomic E-state index is -0.807. The van der Waals surface area contributed by atoms with E-state index in [4.69, 9.17) is 9.47 Å². The summed E-state index contributed by atoms with van der Waals surface area (Å²) in [5.74, 6) is 0.0797. The lowest BCUT2D eigenvalue weighted by Gasteiger charge is -2.15. The molecule has 6 nitrogen and oxygen atoms in total. The Hall–Kier alpha value is -2.18. The molecule has 0 aliphatic rings. The summed E-state index contributed by atoms with van der Waals surface area (Å²) in [6.07, 6.45) is 31.3. The number of hydrogen-bond donors (Lipinski definition) is 2. The van der Waals surface area contributed by atoms with Gasteiger partial charge in [0, 0.05) is 12.8 Å². The molecular formula is C35H60O6. The fraction of sp³-hybridized carbons (Fsp3) is 0.714. The lowest BCUT2D eigenvalue weighted by atomic mass is 10.0. The molecule has 0 rings (SSSR count). The average Bonchev–Trinajstić information content (AvgIpc) is 2.95. The van der Waals surface area contributed by atoms with Crippen LogP contribution in [0.2, 0.25) is 0 Å². The highest BCUT2D eigenvalue weighted by atomic mass is 16.6. The molecule has 0 saturated heterocycles. The number of unbranched alkanes of at least 4 members (excludes halogenated alkanes) is 6. The smallest absolute Gasteiger partial charge is 0.306 e. The van der Waals surface area contributed by atoms with Crippen molar-refractivity contribution < 1.29 is 29.3 Å². The number of carbonyl (C=O) groups excluding carboxylic acids is 2. The second-order valence-corrected chi connectivity index (χ2v) is 11.2. The summed E-state index contributed by atoms with van der Waals surface area (Å²) >= 11 is 0. The Morgan fingerprint density at radius 3 is 1.80 bits per heavy atom. The largest absolute Gasteiger partial charge is 0.462 e. The van der Waals surface area contributed by atoms with Gasteiger partial charge in [0.1, 0.15) is 6.61 Å². The number of rotatable bonds is 27. The number of esters is 2. The van der Waals surface area contributed by atoms with E-state index in [1.54, 1.807) is 0 Å². The second-order valence-electron chi connectivity index (χ2n) is 11.2. The molecule has 0 aliphatic heterocycles. The van der Waals surface area contributed by atoms with Gasteiger partial charge in [0.15, 0.2) is 6.10 Å². The maximum absolute atomic E-state index is 12.1. The first-order valence-electron chi connectivity index (χ1n) is 16.1. The first-order chi connectivity index (χ1) is 19.9. The predicted molar refractivity (Wildman–Crippen MR) is 169 cm³/mol. The van der Waals surface area contributed by atoms with E-state index in [2.05, 4.69) is 62.5 Å². The maximum atomic E-state index is 12.1. The van der Waals surface area contributed by atoms with Crippen molar-refractivity contribution in [3.63, 3.8) is 0 Å². The van der Waals surface area contributed by atoms with E-state index >= 15 is 0 Å². The van der Waals surface area contributed by atoms with Crippen LogP contribution in [0.3, 0.4) is 0 Å². The van der Waals surface area contributed by atoms with Crippen LogP contribution >= 0.6 is 0 Å². The molecule has 0 aromatic heterocycles. The number of carbonyl (C=O) groups is 2. The Bertz CT molecular complexity index is 737. The van der Waals surface area contributed by atoms with Gasteiger partial charge < -0.3 is 19.7 Å². The van der Waals surface area contributed by atoms with Gasteiger partial charge in [-0.25, -0.2) is 0 Å². The van der Waals surface area contributed by atoms with Gasteiger partial charge in [-0.2, -0.15) is 0 Å². The summed E-state index contributed by atoms with van der Waals surface area (Å²) in [7, 11) is 0. The van der Waals surface area contributed by atoms with Crippen LogP contribution in [-0.4, -0.2) is 47.6 Å². The Balaban J connectivity index is 3.76. The zero-order valence-electron chi connectivity index (χ0n) is 26.3. The van der Waals surface area contributed by atoms with Crippen molar-refractivity contribution in [2.75, 3.05) is 13.2 Å². The minimum absolute atomic E-state index is 0.0988. The van der Waals surface area contributed by atoms with Crippen molar-refractivity contribution >= 4 is 11.9 Å². The van der Waals surface area contributed by atoms with Crippen LogP contribution in [0.5, 0.6) is 0 Å². The molecule has 41 heavy (non-hydrogen) atoms. The van der Waals surface area contributed by atoms with Gasteiger partial charge in [-0.1, -0.05) is 108 Å². The third-order valence-electron chi connectivity index (χ3n) is 6.72. The monoisotopic (exact) mass is 576 g/mol. The molecule has 0 bridgehead atoms. The molecule has 236 valence electrons. The van der Waals surface area contributed by atoms with Crippen molar-refractivity contribution in [1.82, 2.24) is 0 Å². The number of aliphatic hydroxyl groups is 2. The number of allylic oxidation sites excluding steroid dienone is 8. The summed E-state index contributed by atoms with van der Waals surface area (Å²) in [4.78, 5) is 24.0. The Labute approximate surface area is 251 Å². The van der Waals surface area contributed by atoms with E-state index < -0.39 is 6.10 Å². The van der Waals surface area contributed by atoms with Crippen LogP contribution in [0.25, 0.3) is 0 Å². The first-order valence-corrected chi connectivity index (χ1v) is 16.1. The standard InChI is InChI=1S/C35H60O6/c1-4-32(37)26-22-18-13-11-9-7-5-6-8-10-12-14-20-24-28-35(39)41-33(29-36)30-40-34(38)27-23-19-16-15-17-21-25-31(2)3/h6-9,12-14,18,31-33,36-37H,4-5,10-11,15-17,19-30H2,1-3H3/b8-6-,9-7-,14-12-,18-13-/t32-,33+/m1/s1. The molecule has 0 radical (unpaired) electrons. The maximum Gasteiger partial charge on any atom is 0.306 e. The number of ether oxygens (including phenoxy) is 2. The molecule has 0 heterocycles. The van der Waals surface area contributed by atoms with Crippen molar-refractivity contribution in [2.24, 2.45) is 5.92 Å². The molecule has 6 heteroatoms. The highest BCUT2D eigenvalue weighted by molar-refractivity contribution is 5.70. The quantitative estimate of drug-likeness (QED) is 0.0580.